The number of amides is 1. The van der Waals surface area contributed by atoms with Crippen LogP contribution in [0.15, 0.2) is 16.8 Å². The number of fused-ring (bicyclic) bond motifs is 1. The fraction of sp³-hybridized carbons (Fsp3) is 0.600. The van der Waals surface area contributed by atoms with Crippen molar-refractivity contribution in [2.75, 3.05) is 13.1 Å². The summed E-state index contributed by atoms with van der Waals surface area (Å²) in [7, 11) is 1.94. The summed E-state index contributed by atoms with van der Waals surface area (Å²) >= 11 is 1.76. The fourth-order valence-corrected chi connectivity index (χ4v) is 4.81. The highest BCUT2D eigenvalue weighted by atomic mass is 32.1. The summed E-state index contributed by atoms with van der Waals surface area (Å²) in [6, 6.07) is 2.30. The van der Waals surface area contributed by atoms with Crippen LogP contribution in [0.1, 0.15) is 54.0 Å². The van der Waals surface area contributed by atoms with Gasteiger partial charge in [0, 0.05) is 50.4 Å². The molecular formula is C20H28N4O2S. The van der Waals surface area contributed by atoms with E-state index in [1.165, 1.54) is 5.56 Å². The van der Waals surface area contributed by atoms with Gasteiger partial charge in [0.15, 0.2) is 5.69 Å². The van der Waals surface area contributed by atoms with E-state index in [4.69, 9.17) is 4.74 Å². The second-order valence-corrected chi connectivity index (χ2v) is 8.86. The number of rotatable bonds is 4. The van der Waals surface area contributed by atoms with Gasteiger partial charge in [-0.2, -0.15) is 16.4 Å². The van der Waals surface area contributed by atoms with E-state index in [1.807, 2.05) is 25.6 Å². The predicted octanol–water partition coefficient (Wildman–Crippen LogP) is 2.73. The molecule has 4 heterocycles. The van der Waals surface area contributed by atoms with E-state index in [0.29, 0.717) is 12.3 Å². The van der Waals surface area contributed by atoms with E-state index in [2.05, 4.69) is 32.1 Å². The van der Waals surface area contributed by atoms with Crippen LogP contribution in [-0.4, -0.2) is 45.3 Å². The maximum atomic E-state index is 12.5. The van der Waals surface area contributed by atoms with Crippen molar-refractivity contribution in [1.29, 1.82) is 0 Å². The van der Waals surface area contributed by atoms with E-state index < -0.39 is 0 Å². The molecule has 2 aromatic heterocycles. The van der Waals surface area contributed by atoms with Crippen molar-refractivity contribution in [2.45, 2.75) is 57.9 Å². The number of piperidine rings is 1. The molecule has 0 aliphatic carbocycles. The number of nitrogens with zero attached hydrogens (tertiary/aromatic N) is 3. The fourth-order valence-electron chi connectivity index (χ4n) is 4.15. The number of aryl methyl sites for hydroxylation is 1. The maximum absolute atomic E-state index is 12.5. The minimum Gasteiger partial charge on any atom is -0.370 e. The zero-order valence-corrected chi connectivity index (χ0v) is 17.1. The van der Waals surface area contributed by atoms with Crippen molar-refractivity contribution in [1.82, 2.24) is 20.0 Å². The van der Waals surface area contributed by atoms with Gasteiger partial charge in [0.25, 0.3) is 5.91 Å². The summed E-state index contributed by atoms with van der Waals surface area (Å²) in [5.41, 5.74) is 3.92. The van der Waals surface area contributed by atoms with Gasteiger partial charge >= 0.3 is 0 Å². The molecule has 1 N–H and O–H groups in total. The molecule has 0 unspecified atom stereocenters. The van der Waals surface area contributed by atoms with Crippen molar-refractivity contribution in [3.8, 4) is 0 Å². The van der Waals surface area contributed by atoms with Crippen LogP contribution >= 0.6 is 11.3 Å². The molecule has 1 saturated heterocycles. The number of thiophene rings is 1. The summed E-state index contributed by atoms with van der Waals surface area (Å²) < 4.78 is 8.25. The number of hydrogen-bond acceptors (Lipinski definition) is 5. The molecule has 146 valence electrons. The number of carbonyl (C=O) groups is 1. The predicted molar refractivity (Wildman–Crippen MR) is 106 cm³/mol. The van der Waals surface area contributed by atoms with Gasteiger partial charge < -0.3 is 10.1 Å². The molecule has 0 aromatic carbocycles. The van der Waals surface area contributed by atoms with E-state index in [9.17, 15) is 4.79 Å². The number of carbonyl (C=O) groups excluding carboxylic acids is 1. The molecule has 27 heavy (non-hydrogen) atoms. The summed E-state index contributed by atoms with van der Waals surface area (Å²) in [6.45, 7) is 7.52. The second-order valence-electron chi connectivity index (χ2n) is 8.08. The monoisotopic (exact) mass is 388 g/mol. The molecule has 1 fully saturated rings. The summed E-state index contributed by atoms with van der Waals surface area (Å²) in [4.78, 5) is 15.0. The van der Waals surface area contributed by atoms with Crippen LogP contribution in [0.5, 0.6) is 0 Å². The smallest absolute Gasteiger partial charge is 0.272 e. The third kappa shape index (κ3) is 3.81. The van der Waals surface area contributed by atoms with Gasteiger partial charge in [0.1, 0.15) is 0 Å². The maximum Gasteiger partial charge on any atom is 0.272 e. The molecule has 7 heteroatoms. The Morgan fingerprint density at radius 2 is 2.19 bits per heavy atom. The Morgan fingerprint density at radius 1 is 1.41 bits per heavy atom. The first kappa shape index (κ1) is 18.7. The Balaban J connectivity index is 1.44. The van der Waals surface area contributed by atoms with Gasteiger partial charge in [-0.15, -0.1) is 0 Å². The second kappa shape index (κ2) is 7.37. The summed E-state index contributed by atoms with van der Waals surface area (Å²) in [5, 5.41) is 11.8. The highest BCUT2D eigenvalue weighted by molar-refractivity contribution is 7.07. The van der Waals surface area contributed by atoms with Crippen LogP contribution in [0.3, 0.4) is 0 Å². The first-order chi connectivity index (χ1) is 13.0. The minimum absolute atomic E-state index is 0.0959. The Labute approximate surface area is 164 Å². The van der Waals surface area contributed by atoms with Crippen molar-refractivity contribution < 1.29 is 9.53 Å². The minimum atomic E-state index is -0.113. The lowest BCUT2D eigenvalue weighted by atomic mass is 9.83. The molecule has 0 bridgehead atoms. The number of hydrogen-bond donors (Lipinski definition) is 1. The van der Waals surface area contributed by atoms with E-state index >= 15 is 0 Å². The van der Waals surface area contributed by atoms with Gasteiger partial charge in [-0.3, -0.25) is 14.4 Å². The molecule has 2 aliphatic heterocycles. The van der Waals surface area contributed by atoms with Gasteiger partial charge in [-0.1, -0.05) is 0 Å². The molecule has 0 saturated carbocycles. The average molecular weight is 389 g/mol. The Bertz CT molecular complexity index is 804. The van der Waals surface area contributed by atoms with Crippen LogP contribution in [0.4, 0.5) is 0 Å². The molecule has 0 radical (unpaired) electrons. The van der Waals surface area contributed by atoms with E-state index in [0.717, 1.165) is 50.2 Å². The van der Waals surface area contributed by atoms with Gasteiger partial charge in [-0.05, 0) is 49.1 Å². The molecule has 2 aromatic rings. The van der Waals surface area contributed by atoms with Crippen LogP contribution in [0, 0.1) is 0 Å². The number of likely N-dealkylation sites (tertiary alicyclic amines) is 1. The quantitative estimate of drug-likeness (QED) is 0.875. The van der Waals surface area contributed by atoms with Crippen LogP contribution < -0.4 is 5.32 Å². The summed E-state index contributed by atoms with van der Waals surface area (Å²) in [5.74, 6) is -0.105. The topological polar surface area (TPSA) is 59.4 Å². The van der Waals surface area contributed by atoms with Gasteiger partial charge in [-0.25, -0.2) is 0 Å². The Hall–Kier alpha value is -1.70. The van der Waals surface area contributed by atoms with Crippen molar-refractivity contribution in [3.63, 3.8) is 0 Å². The molecule has 0 atom stereocenters. The lowest BCUT2D eigenvalue weighted by Crippen LogP contribution is -2.49. The summed E-state index contributed by atoms with van der Waals surface area (Å²) in [6.07, 6.45) is 2.89. The van der Waals surface area contributed by atoms with Crippen molar-refractivity contribution >= 4 is 17.2 Å². The van der Waals surface area contributed by atoms with Gasteiger partial charge in [0.05, 0.1) is 12.2 Å². The van der Waals surface area contributed by atoms with E-state index in [1.54, 1.807) is 11.3 Å². The normalized spacial score (nSPS) is 19.4. The van der Waals surface area contributed by atoms with Crippen LogP contribution in [0.2, 0.25) is 0 Å². The highest BCUT2D eigenvalue weighted by Gasteiger charge is 2.41. The Kier molecular flexibility index (Phi) is 5.09. The first-order valence-electron chi connectivity index (χ1n) is 9.69. The number of nitrogens with one attached hydrogen (secondary N) is 1. The molecule has 1 spiro atoms. The standard InChI is InChI=1S/C20H28N4O2S/c1-14(2)21-19(25)18-16-12-26-20(10-17(16)23(3)22-18)5-7-24(8-6-20)11-15-4-9-27-13-15/h4,9,13-14H,5-8,10-12H2,1-3H3,(H,21,25). The lowest BCUT2D eigenvalue weighted by molar-refractivity contribution is -0.104. The molecule has 2 aliphatic rings. The zero-order valence-electron chi connectivity index (χ0n) is 16.3. The molecular weight excluding hydrogens is 360 g/mol. The van der Waals surface area contributed by atoms with Crippen LogP contribution in [0.25, 0.3) is 0 Å². The molecule has 6 nitrogen and oxygen atoms in total. The van der Waals surface area contributed by atoms with Crippen LogP contribution in [-0.2, 0) is 31.4 Å². The number of ether oxygens (including phenoxy) is 1. The molecule has 4 rings (SSSR count). The molecule has 1 amide bonds. The zero-order chi connectivity index (χ0) is 19.0. The largest absolute Gasteiger partial charge is 0.370 e. The first-order valence-corrected chi connectivity index (χ1v) is 10.6. The lowest BCUT2D eigenvalue weighted by Gasteiger charge is -2.43. The highest BCUT2D eigenvalue weighted by Crippen LogP contribution is 2.37. The van der Waals surface area contributed by atoms with E-state index in [-0.39, 0.29) is 17.6 Å². The van der Waals surface area contributed by atoms with Crippen molar-refractivity contribution in [3.05, 3.63) is 39.3 Å². The number of aromatic nitrogens is 2. The average Bonchev–Trinajstić information content (AvgIpc) is 3.25. The third-order valence-corrected chi connectivity index (χ3v) is 6.41. The SMILES string of the molecule is CC(C)NC(=O)c1nn(C)c2c1COC1(CCN(Cc3ccsc3)CC1)C2. The third-order valence-electron chi connectivity index (χ3n) is 5.68. The van der Waals surface area contributed by atoms with Gasteiger partial charge in [0.2, 0.25) is 0 Å². The van der Waals surface area contributed by atoms with Crippen molar-refractivity contribution in [2.24, 2.45) is 7.05 Å². The Morgan fingerprint density at radius 3 is 2.85 bits per heavy atom.